The molecule has 0 saturated carbocycles. The van der Waals surface area contributed by atoms with Crippen molar-refractivity contribution in [2.45, 2.75) is 58.8 Å². The quantitative estimate of drug-likeness (QED) is 0.508. The van der Waals surface area contributed by atoms with Gasteiger partial charge in [0.2, 0.25) is 0 Å². The summed E-state index contributed by atoms with van der Waals surface area (Å²) in [6.45, 7) is 8.74. The summed E-state index contributed by atoms with van der Waals surface area (Å²) in [7, 11) is 0. The molecule has 1 rings (SSSR count). The van der Waals surface area contributed by atoms with E-state index >= 15 is 0 Å². The summed E-state index contributed by atoms with van der Waals surface area (Å²) in [6.07, 6.45) is 8.76. The molecule has 0 heterocycles. The Hall–Kier alpha value is -1.04. The third-order valence-corrected chi connectivity index (χ3v) is 3.28. The van der Waals surface area contributed by atoms with Crippen LogP contribution in [0.5, 0.6) is 0 Å². The first-order valence-corrected chi connectivity index (χ1v) is 7.05. The Balaban J connectivity index is 2.66. The normalized spacial score (nSPS) is 10.5. The third-order valence-electron chi connectivity index (χ3n) is 3.28. The summed E-state index contributed by atoms with van der Waals surface area (Å²) in [5.41, 5.74) is 4.21. The highest BCUT2D eigenvalue weighted by molar-refractivity contribution is 5.66. The van der Waals surface area contributed by atoms with E-state index in [1.807, 2.05) is 0 Å². The predicted octanol–water partition coefficient (Wildman–Crippen LogP) is 5.62. The minimum atomic E-state index is 1.14. The van der Waals surface area contributed by atoms with Gasteiger partial charge < -0.3 is 0 Å². The van der Waals surface area contributed by atoms with Crippen LogP contribution in [0.4, 0.5) is 0 Å². The monoisotopic (exact) mass is 230 g/mol. The highest BCUT2D eigenvalue weighted by Gasteiger charge is 2.04. The molecule has 0 aliphatic rings. The molecule has 0 N–H and O–H groups in total. The summed E-state index contributed by atoms with van der Waals surface area (Å²) in [5.74, 6) is 0. The topological polar surface area (TPSA) is 0 Å². The van der Waals surface area contributed by atoms with Crippen molar-refractivity contribution in [3.8, 4) is 0 Å². The number of aryl methyl sites for hydroxylation is 1. The summed E-state index contributed by atoms with van der Waals surface area (Å²) < 4.78 is 0. The zero-order valence-electron chi connectivity index (χ0n) is 11.5. The number of benzene rings is 1. The Morgan fingerprint density at radius 3 is 2.41 bits per heavy atom. The van der Waals surface area contributed by atoms with E-state index in [0.29, 0.717) is 0 Å². The van der Waals surface area contributed by atoms with Crippen LogP contribution in [0.15, 0.2) is 30.8 Å². The van der Waals surface area contributed by atoms with E-state index in [0.717, 1.165) is 6.42 Å². The third kappa shape index (κ3) is 4.77. The number of unbranched alkanes of at least 4 members (excludes halogenated alkanes) is 3. The fourth-order valence-corrected chi connectivity index (χ4v) is 2.17. The average molecular weight is 230 g/mol. The van der Waals surface area contributed by atoms with Gasteiger partial charge in [-0.1, -0.05) is 64.0 Å². The van der Waals surface area contributed by atoms with E-state index in [4.69, 9.17) is 0 Å². The zero-order chi connectivity index (χ0) is 12.5. The van der Waals surface area contributed by atoms with Crippen LogP contribution in [-0.2, 0) is 6.42 Å². The summed E-state index contributed by atoms with van der Waals surface area (Å²) in [5, 5.41) is 0. The second kappa shape index (κ2) is 8.11. The van der Waals surface area contributed by atoms with Gasteiger partial charge in [0, 0.05) is 0 Å². The smallest absolute Gasteiger partial charge is 0.0198 e. The first kappa shape index (κ1) is 14.0. The lowest BCUT2D eigenvalue weighted by molar-refractivity contribution is 0.716. The van der Waals surface area contributed by atoms with Gasteiger partial charge in [0.25, 0.3) is 0 Å². The van der Waals surface area contributed by atoms with Gasteiger partial charge in [-0.05, 0) is 42.4 Å². The van der Waals surface area contributed by atoms with Crippen molar-refractivity contribution in [2.75, 3.05) is 0 Å². The number of rotatable bonds is 8. The molecule has 0 heteroatoms. The zero-order valence-corrected chi connectivity index (χ0v) is 11.5. The van der Waals surface area contributed by atoms with Gasteiger partial charge in [-0.15, -0.1) is 0 Å². The molecule has 17 heavy (non-hydrogen) atoms. The highest BCUT2D eigenvalue weighted by Crippen LogP contribution is 2.23. The van der Waals surface area contributed by atoms with Crippen LogP contribution in [0, 0.1) is 0 Å². The Kier molecular flexibility index (Phi) is 6.69. The van der Waals surface area contributed by atoms with Gasteiger partial charge in [0.1, 0.15) is 0 Å². The first-order valence-electron chi connectivity index (χ1n) is 7.05. The lowest BCUT2D eigenvalue weighted by atomic mass is 9.94. The molecule has 0 aliphatic heterocycles. The van der Waals surface area contributed by atoms with Gasteiger partial charge in [-0.2, -0.15) is 0 Å². The molecule has 0 radical (unpaired) electrons. The SMILES string of the molecule is C=C(CCCC)c1ccccc1CCCCC. The minimum absolute atomic E-state index is 1.14. The Morgan fingerprint density at radius 2 is 1.71 bits per heavy atom. The van der Waals surface area contributed by atoms with E-state index in [9.17, 15) is 0 Å². The standard InChI is InChI=1S/C17H26/c1-4-6-8-12-16-13-9-10-14-17(16)15(3)11-7-5-2/h9-10,13-14H,3-8,11-12H2,1-2H3. The summed E-state index contributed by atoms with van der Waals surface area (Å²) >= 11 is 0. The van der Waals surface area contributed by atoms with Crippen molar-refractivity contribution < 1.29 is 0 Å². The molecule has 1 aromatic carbocycles. The predicted molar refractivity (Wildman–Crippen MR) is 78.2 cm³/mol. The molecule has 0 unspecified atom stereocenters. The van der Waals surface area contributed by atoms with Crippen LogP contribution < -0.4 is 0 Å². The minimum Gasteiger partial charge on any atom is -0.0952 e. The van der Waals surface area contributed by atoms with Crippen LogP contribution in [0.25, 0.3) is 5.57 Å². The van der Waals surface area contributed by atoms with Crippen LogP contribution >= 0.6 is 0 Å². The fourth-order valence-electron chi connectivity index (χ4n) is 2.17. The molecule has 1 aromatic rings. The Labute approximate surface area is 107 Å². The van der Waals surface area contributed by atoms with Gasteiger partial charge >= 0.3 is 0 Å². The van der Waals surface area contributed by atoms with Crippen LogP contribution in [-0.4, -0.2) is 0 Å². The highest BCUT2D eigenvalue weighted by atomic mass is 14.1. The second-order valence-corrected chi connectivity index (χ2v) is 4.82. The molecule has 0 aliphatic carbocycles. The lowest BCUT2D eigenvalue weighted by Gasteiger charge is -2.11. The van der Waals surface area contributed by atoms with Gasteiger partial charge in [-0.3, -0.25) is 0 Å². The van der Waals surface area contributed by atoms with E-state index in [-0.39, 0.29) is 0 Å². The summed E-state index contributed by atoms with van der Waals surface area (Å²) in [6, 6.07) is 8.79. The molecule has 94 valence electrons. The molecule has 0 atom stereocenters. The molecule has 0 spiro atoms. The Morgan fingerprint density at radius 1 is 1.00 bits per heavy atom. The van der Waals surface area contributed by atoms with Gasteiger partial charge in [0.05, 0.1) is 0 Å². The van der Waals surface area contributed by atoms with Crippen molar-refractivity contribution in [2.24, 2.45) is 0 Å². The van der Waals surface area contributed by atoms with E-state index < -0.39 is 0 Å². The van der Waals surface area contributed by atoms with Crippen LogP contribution in [0.1, 0.15) is 63.5 Å². The molecule has 0 aromatic heterocycles. The molecule has 0 fully saturated rings. The van der Waals surface area contributed by atoms with Crippen LogP contribution in [0.2, 0.25) is 0 Å². The van der Waals surface area contributed by atoms with E-state index in [1.54, 1.807) is 0 Å². The number of hydrogen-bond acceptors (Lipinski definition) is 0. The largest absolute Gasteiger partial charge is 0.0952 e. The maximum Gasteiger partial charge on any atom is -0.0198 e. The maximum absolute atomic E-state index is 4.25. The second-order valence-electron chi connectivity index (χ2n) is 4.82. The van der Waals surface area contributed by atoms with E-state index in [1.165, 1.54) is 55.2 Å². The van der Waals surface area contributed by atoms with Gasteiger partial charge in [0.15, 0.2) is 0 Å². The number of allylic oxidation sites excluding steroid dienone is 1. The molecule has 0 amide bonds. The first-order chi connectivity index (χ1) is 8.29. The molecular weight excluding hydrogens is 204 g/mol. The van der Waals surface area contributed by atoms with Crippen molar-refractivity contribution in [3.63, 3.8) is 0 Å². The Bertz CT molecular complexity index is 336. The van der Waals surface area contributed by atoms with Crippen molar-refractivity contribution >= 4 is 5.57 Å². The molecule has 0 nitrogen and oxygen atoms in total. The van der Waals surface area contributed by atoms with Gasteiger partial charge in [-0.25, -0.2) is 0 Å². The lowest BCUT2D eigenvalue weighted by Crippen LogP contribution is -1.93. The van der Waals surface area contributed by atoms with Crippen molar-refractivity contribution in [3.05, 3.63) is 42.0 Å². The maximum atomic E-state index is 4.25. The van der Waals surface area contributed by atoms with Crippen molar-refractivity contribution in [1.29, 1.82) is 0 Å². The average Bonchev–Trinajstić information content (AvgIpc) is 2.37. The molecular formula is C17H26. The van der Waals surface area contributed by atoms with E-state index in [2.05, 4.69) is 44.7 Å². The molecule has 0 bridgehead atoms. The summed E-state index contributed by atoms with van der Waals surface area (Å²) in [4.78, 5) is 0. The van der Waals surface area contributed by atoms with Crippen LogP contribution in [0.3, 0.4) is 0 Å². The molecule has 0 saturated heterocycles. The van der Waals surface area contributed by atoms with Crippen molar-refractivity contribution in [1.82, 2.24) is 0 Å². The fraction of sp³-hybridized carbons (Fsp3) is 0.529. The number of hydrogen-bond donors (Lipinski definition) is 0.